The summed E-state index contributed by atoms with van der Waals surface area (Å²) >= 11 is 0. The normalized spacial score (nSPS) is 10.9. The van der Waals surface area contributed by atoms with Gasteiger partial charge in [-0.05, 0) is 55.3 Å². The molecule has 0 saturated carbocycles. The summed E-state index contributed by atoms with van der Waals surface area (Å²) in [4.78, 5) is 4.79. The minimum atomic E-state index is 0.421. The average molecular weight is 372 g/mol. The highest BCUT2D eigenvalue weighted by Crippen LogP contribution is 2.22. The lowest BCUT2D eigenvalue weighted by Crippen LogP contribution is -2.13. The van der Waals surface area contributed by atoms with Crippen molar-refractivity contribution in [2.24, 2.45) is 0 Å². The number of rotatable bonds is 7. The first-order valence-electron chi connectivity index (χ1n) is 9.53. The van der Waals surface area contributed by atoms with Gasteiger partial charge in [-0.2, -0.15) is 0 Å². The summed E-state index contributed by atoms with van der Waals surface area (Å²) in [6, 6.07) is 24.3. The van der Waals surface area contributed by atoms with E-state index in [1.165, 1.54) is 5.56 Å². The van der Waals surface area contributed by atoms with Crippen LogP contribution >= 0.6 is 0 Å². The van der Waals surface area contributed by atoms with Crippen molar-refractivity contribution < 1.29 is 9.47 Å². The Balaban J connectivity index is 1.53. The van der Waals surface area contributed by atoms with Gasteiger partial charge in [0, 0.05) is 0 Å². The Morgan fingerprint density at radius 2 is 1.64 bits per heavy atom. The first kappa shape index (κ1) is 18.1. The number of hydrogen-bond acceptors (Lipinski definition) is 3. The van der Waals surface area contributed by atoms with E-state index in [2.05, 4.69) is 42.7 Å². The topological polar surface area (TPSA) is 36.3 Å². The van der Waals surface area contributed by atoms with Gasteiger partial charge < -0.3 is 14.0 Å². The van der Waals surface area contributed by atoms with Gasteiger partial charge in [0.1, 0.15) is 30.5 Å². The molecule has 0 N–H and O–H groups in total. The highest BCUT2D eigenvalue weighted by molar-refractivity contribution is 5.75. The highest BCUT2D eigenvalue weighted by Gasteiger charge is 2.12. The van der Waals surface area contributed by atoms with Crippen molar-refractivity contribution in [2.75, 3.05) is 6.61 Å². The smallest absolute Gasteiger partial charge is 0.148 e. The number of fused-ring (bicyclic) bond motifs is 1. The maximum absolute atomic E-state index is 6.11. The molecule has 0 fully saturated rings. The summed E-state index contributed by atoms with van der Waals surface area (Å²) in [5, 5.41) is 0. The van der Waals surface area contributed by atoms with Crippen molar-refractivity contribution in [1.82, 2.24) is 9.55 Å². The van der Waals surface area contributed by atoms with Gasteiger partial charge in [0.2, 0.25) is 0 Å². The van der Waals surface area contributed by atoms with Gasteiger partial charge in [0.15, 0.2) is 0 Å². The van der Waals surface area contributed by atoms with Crippen LogP contribution in [-0.2, 0) is 13.2 Å². The van der Waals surface area contributed by atoms with Crippen LogP contribution in [0.1, 0.15) is 17.0 Å². The second-order valence-electron chi connectivity index (χ2n) is 6.89. The van der Waals surface area contributed by atoms with Crippen LogP contribution < -0.4 is 9.47 Å². The van der Waals surface area contributed by atoms with Crippen molar-refractivity contribution >= 4 is 11.0 Å². The summed E-state index contributed by atoms with van der Waals surface area (Å²) in [6.07, 6.45) is 0. The van der Waals surface area contributed by atoms with E-state index in [1.54, 1.807) is 0 Å². The largest absolute Gasteiger partial charge is 0.492 e. The molecule has 0 spiro atoms. The molecule has 0 radical (unpaired) electrons. The van der Waals surface area contributed by atoms with Gasteiger partial charge >= 0.3 is 0 Å². The molecule has 4 rings (SSSR count). The molecule has 0 bridgehead atoms. The molecule has 0 unspecified atom stereocenters. The van der Waals surface area contributed by atoms with Gasteiger partial charge in [-0.1, -0.05) is 42.5 Å². The molecular formula is C24H24N2O2. The molecule has 0 atom stereocenters. The summed E-state index contributed by atoms with van der Waals surface area (Å²) < 4.78 is 14.2. The standard InChI is InChI=1S/C24H24N2O2/c1-18-12-13-19(2)23(16-18)28-17-24-25-21-10-6-7-11-22(21)26(24)14-15-27-20-8-4-3-5-9-20/h3-13,16H,14-15,17H2,1-2H3. The number of benzene rings is 3. The molecule has 0 aliphatic rings. The second-order valence-corrected chi connectivity index (χ2v) is 6.89. The van der Waals surface area contributed by atoms with Crippen LogP contribution in [0.3, 0.4) is 0 Å². The van der Waals surface area contributed by atoms with Crippen molar-refractivity contribution in [1.29, 1.82) is 0 Å². The van der Waals surface area contributed by atoms with Crippen molar-refractivity contribution in [3.05, 3.63) is 89.7 Å². The van der Waals surface area contributed by atoms with E-state index in [-0.39, 0.29) is 0 Å². The molecular weight excluding hydrogens is 348 g/mol. The molecule has 4 nitrogen and oxygen atoms in total. The fourth-order valence-electron chi connectivity index (χ4n) is 3.26. The molecule has 3 aromatic carbocycles. The molecule has 0 saturated heterocycles. The maximum atomic E-state index is 6.11. The zero-order valence-corrected chi connectivity index (χ0v) is 16.3. The molecule has 1 heterocycles. The molecule has 4 aromatic rings. The summed E-state index contributed by atoms with van der Waals surface area (Å²) in [5.41, 5.74) is 4.38. The van der Waals surface area contributed by atoms with Gasteiger partial charge in [-0.25, -0.2) is 4.98 Å². The third-order valence-corrected chi connectivity index (χ3v) is 4.76. The van der Waals surface area contributed by atoms with Crippen LogP contribution in [0.2, 0.25) is 0 Å². The van der Waals surface area contributed by atoms with Crippen LogP contribution in [0.25, 0.3) is 11.0 Å². The van der Waals surface area contributed by atoms with E-state index in [1.807, 2.05) is 48.5 Å². The molecule has 4 heteroatoms. The monoisotopic (exact) mass is 372 g/mol. The first-order valence-corrected chi connectivity index (χ1v) is 9.53. The quantitative estimate of drug-likeness (QED) is 0.441. The highest BCUT2D eigenvalue weighted by atomic mass is 16.5. The zero-order chi connectivity index (χ0) is 19.3. The van der Waals surface area contributed by atoms with Crippen LogP contribution in [0.4, 0.5) is 0 Å². The number of imidazole rings is 1. The number of para-hydroxylation sites is 3. The minimum absolute atomic E-state index is 0.421. The molecule has 0 aliphatic heterocycles. The lowest BCUT2D eigenvalue weighted by Gasteiger charge is -2.13. The lowest BCUT2D eigenvalue weighted by molar-refractivity contribution is 0.271. The minimum Gasteiger partial charge on any atom is -0.492 e. The maximum Gasteiger partial charge on any atom is 0.148 e. The Morgan fingerprint density at radius 1 is 0.857 bits per heavy atom. The summed E-state index contributed by atoms with van der Waals surface area (Å²) in [6.45, 7) is 5.83. The Bertz CT molecular complexity index is 1070. The van der Waals surface area contributed by atoms with Gasteiger partial charge in [0.25, 0.3) is 0 Å². The van der Waals surface area contributed by atoms with E-state index in [4.69, 9.17) is 14.5 Å². The van der Waals surface area contributed by atoms with Gasteiger partial charge in [-0.3, -0.25) is 0 Å². The Labute approximate surface area is 165 Å². The summed E-state index contributed by atoms with van der Waals surface area (Å²) in [5.74, 6) is 2.68. The average Bonchev–Trinajstić information content (AvgIpc) is 3.07. The van der Waals surface area contributed by atoms with E-state index in [0.29, 0.717) is 19.8 Å². The zero-order valence-electron chi connectivity index (χ0n) is 16.3. The number of aromatic nitrogens is 2. The number of aryl methyl sites for hydroxylation is 2. The lowest BCUT2D eigenvalue weighted by atomic mass is 10.1. The molecule has 28 heavy (non-hydrogen) atoms. The Hall–Kier alpha value is -3.27. The number of ether oxygens (including phenoxy) is 2. The van der Waals surface area contributed by atoms with E-state index in [0.717, 1.165) is 33.9 Å². The number of nitrogens with zero attached hydrogens (tertiary/aromatic N) is 2. The van der Waals surface area contributed by atoms with Gasteiger partial charge in [0.05, 0.1) is 17.6 Å². The Kier molecular flexibility index (Phi) is 5.29. The van der Waals surface area contributed by atoms with Crippen LogP contribution in [-0.4, -0.2) is 16.2 Å². The van der Waals surface area contributed by atoms with Crippen LogP contribution in [0, 0.1) is 13.8 Å². The first-order chi connectivity index (χ1) is 13.7. The molecule has 0 aliphatic carbocycles. The van der Waals surface area contributed by atoms with Crippen molar-refractivity contribution in [3.63, 3.8) is 0 Å². The number of hydrogen-bond donors (Lipinski definition) is 0. The predicted molar refractivity (Wildman–Crippen MR) is 112 cm³/mol. The van der Waals surface area contributed by atoms with Crippen LogP contribution in [0.15, 0.2) is 72.8 Å². The fourth-order valence-corrected chi connectivity index (χ4v) is 3.26. The summed E-state index contributed by atoms with van der Waals surface area (Å²) in [7, 11) is 0. The van der Waals surface area contributed by atoms with E-state index in [9.17, 15) is 0 Å². The van der Waals surface area contributed by atoms with Crippen molar-refractivity contribution in [2.45, 2.75) is 27.0 Å². The van der Waals surface area contributed by atoms with Crippen molar-refractivity contribution in [3.8, 4) is 11.5 Å². The predicted octanol–water partition coefficient (Wildman–Crippen LogP) is 5.31. The third kappa shape index (κ3) is 4.01. The fraction of sp³-hybridized carbons (Fsp3) is 0.208. The SMILES string of the molecule is Cc1ccc(C)c(OCc2nc3ccccc3n2CCOc2ccccc2)c1. The third-order valence-electron chi connectivity index (χ3n) is 4.76. The Morgan fingerprint density at radius 3 is 2.50 bits per heavy atom. The van der Waals surface area contributed by atoms with Gasteiger partial charge in [-0.15, -0.1) is 0 Å². The van der Waals surface area contributed by atoms with Crippen LogP contribution in [0.5, 0.6) is 11.5 Å². The van der Waals surface area contributed by atoms with E-state index < -0.39 is 0 Å². The van der Waals surface area contributed by atoms with E-state index >= 15 is 0 Å². The molecule has 142 valence electrons. The second kappa shape index (κ2) is 8.17. The molecule has 1 aromatic heterocycles. The molecule has 0 amide bonds.